The third kappa shape index (κ3) is 2.08. The predicted molar refractivity (Wildman–Crippen MR) is 70.4 cm³/mol. The molecule has 0 amide bonds. The van der Waals surface area contributed by atoms with E-state index in [0.29, 0.717) is 0 Å². The molecule has 1 saturated heterocycles. The van der Waals surface area contributed by atoms with Gasteiger partial charge in [-0.3, -0.25) is 14.3 Å². The van der Waals surface area contributed by atoms with Crippen LogP contribution in [0, 0.1) is 0 Å². The van der Waals surface area contributed by atoms with Crippen molar-refractivity contribution >= 4 is 17.1 Å². The Morgan fingerprint density at radius 1 is 1.62 bits per heavy atom. The number of methoxy groups -OCH3 is 1. The lowest BCUT2D eigenvalue weighted by molar-refractivity contribution is -0.0535. The van der Waals surface area contributed by atoms with Crippen LogP contribution in [0.2, 0.25) is 0 Å². The average molecular weight is 297 g/mol. The SMILES string of the molecule is CO[C@H]1[C@@H](O)[C@@H](n2cnc3c(=O)[nH]c(N)nc32)O[C@H]1CO. The molecule has 2 aromatic rings. The van der Waals surface area contributed by atoms with Gasteiger partial charge in [0.2, 0.25) is 5.95 Å². The van der Waals surface area contributed by atoms with E-state index in [1.54, 1.807) is 0 Å². The minimum Gasteiger partial charge on any atom is -0.394 e. The maximum absolute atomic E-state index is 11.7. The van der Waals surface area contributed by atoms with Crippen LogP contribution in [0.4, 0.5) is 5.95 Å². The maximum atomic E-state index is 11.7. The fourth-order valence-corrected chi connectivity index (χ4v) is 2.52. The van der Waals surface area contributed by atoms with E-state index >= 15 is 0 Å². The smallest absolute Gasteiger partial charge is 0.280 e. The van der Waals surface area contributed by atoms with Gasteiger partial charge in [0.25, 0.3) is 5.56 Å². The van der Waals surface area contributed by atoms with Crippen LogP contribution in [0.1, 0.15) is 6.23 Å². The van der Waals surface area contributed by atoms with Gasteiger partial charge in [0.1, 0.15) is 18.3 Å². The zero-order valence-corrected chi connectivity index (χ0v) is 11.1. The number of hydrogen-bond acceptors (Lipinski definition) is 8. The lowest BCUT2D eigenvalue weighted by Gasteiger charge is -2.17. The van der Waals surface area contributed by atoms with Crippen LogP contribution in [-0.2, 0) is 9.47 Å². The number of H-pyrrole nitrogens is 1. The molecule has 3 rings (SSSR count). The highest BCUT2D eigenvalue weighted by Gasteiger charge is 2.45. The Bertz CT molecular complexity index is 713. The van der Waals surface area contributed by atoms with Crippen LogP contribution in [-0.4, -0.2) is 61.8 Å². The molecule has 0 bridgehead atoms. The normalized spacial score (nSPS) is 29.3. The number of anilines is 1. The van der Waals surface area contributed by atoms with Gasteiger partial charge in [0.05, 0.1) is 12.9 Å². The molecule has 0 saturated carbocycles. The van der Waals surface area contributed by atoms with Gasteiger partial charge in [-0.15, -0.1) is 0 Å². The first kappa shape index (κ1) is 13.9. The molecule has 1 fully saturated rings. The Labute approximate surface area is 118 Å². The summed E-state index contributed by atoms with van der Waals surface area (Å²) in [5, 5.41) is 19.5. The Kier molecular flexibility index (Phi) is 3.37. The number of nitrogens with two attached hydrogens (primary N) is 1. The van der Waals surface area contributed by atoms with E-state index in [0.717, 1.165) is 0 Å². The van der Waals surface area contributed by atoms with Gasteiger partial charge in [0, 0.05) is 7.11 Å². The summed E-state index contributed by atoms with van der Waals surface area (Å²) in [5.74, 6) is -0.0660. The topological polar surface area (TPSA) is 149 Å². The van der Waals surface area contributed by atoms with Crippen molar-refractivity contribution in [2.45, 2.75) is 24.5 Å². The van der Waals surface area contributed by atoms with E-state index in [4.69, 9.17) is 15.2 Å². The van der Waals surface area contributed by atoms with E-state index in [1.165, 1.54) is 18.0 Å². The van der Waals surface area contributed by atoms with E-state index < -0.39 is 30.1 Å². The molecule has 0 aromatic carbocycles. The minimum absolute atomic E-state index is 0.0660. The highest BCUT2D eigenvalue weighted by Crippen LogP contribution is 2.32. The molecule has 21 heavy (non-hydrogen) atoms. The Balaban J connectivity index is 2.07. The number of fused-ring (bicyclic) bond motifs is 1. The number of imidazole rings is 1. The number of aliphatic hydroxyl groups is 2. The molecule has 2 aromatic heterocycles. The Morgan fingerprint density at radius 3 is 3.00 bits per heavy atom. The van der Waals surface area contributed by atoms with Crippen LogP contribution in [0.3, 0.4) is 0 Å². The largest absolute Gasteiger partial charge is 0.394 e. The molecule has 114 valence electrons. The van der Waals surface area contributed by atoms with Gasteiger partial charge < -0.3 is 25.4 Å². The summed E-state index contributed by atoms with van der Waals surface area (Å²) in [4.78, 5) is 22.0. The molecule has 0 radical (unpaired) electrons. The number of nitrogen functional groups attached to an aromatic ring is 1. The quantitative estimate of drug-likeness (QED) is 0.506. The summed E-state index contributed by atoms with van der Waals surface area (Å²) in [7, 11) is 1.41. The van der Waals surface area contributed by atoms with Crippen molar-refractivity contribution in [3.05, 3.63) is 16.7 Å². The minimum atomic E-state index is -1.05. The molecule has 5 N–H and O–H groups in total. The zero-order valence-electron chi connectivity index (χ0n) is 11.1. The van der Waals surface area contributed by atoms with Gasteiger partial charge in [-0.25, -0.2) is 4.98 Å². The van der Waals surface area contributed by atoms with Gasteiger partial charge in [-0.1, -0.05) is 0 Å². The first-order chi connectivity index (χ1) is 10.1. The summed E-state index contributed by atoms with van der Waals surface area (Å²) in [6, 6.07) is 0. The number of aromatic nitrogens is 4. The fourth-order valence-electron chi connectivity index (χ4n) is 2.52. The molecule has 0 unspecified atom stereocenters. The second-order valence-electron chi connectivity index (χ2n) is 4.71. The lowest BCUT2D eigenvalue weighted by atomic mass is 10.1. The number of hydrogen-bond donors (Lipinski definition) is 4. The molecule has 0 spiro atoms. The molecule has 1 aliphatic heterocycles. The third-order valence-corrected chi connectivity index (χ3v) is 3.49. The van der Waals surface area contributed by atoms with Crippen LogP contribution in [0.15, 0.2) is 11.1 Å². The van der Waals surface area contributed by atoms with E-state index in [9.17, 15) is 15.0 Å². The highest BCUT2D eigenvalue weighted by atomic mass is 16.6. The zero-order chi connectivity index (χ0) is 15.1. The molecule has 1 aliphatic rings. The van der Waals surface area contributed by atoms with Gasteiger partial charge in [-0.2, -0.15) is 4.98 Å². The Morgan fingerprint density at radius 2 is 2.38 bits per heavy atom. The molecule has 10 nitrogen and oxygen atoms in total. The lowest BCUT2D eigenvalue weighted by Crippen LogP contribution is -2.35. The van der Waals surface area contributed by atoms with Crippen LogP contribution in [0.25, 0.3) is 11.2 Å². The average Bonchev–Trinajstić information content (AvgIpc) is 2.99. The first-order valence-electron chi connectivity index (χ1n) is 6.26. The van der Waals surface area contributed by atoms with Crippen molar-refractivity contribution in [2.75, 3.05) is 19.5 Å². The standard InChI is InChI=1S/C11H15N5O5/c1-20-7-4(2-17)21-10(6(7)18)16-3-13-5-8(16)14-11(12)15-9(5)19/h3-4,6-7,10,17-18H,2H2,1H3,(H3,12,14,15,19)/t4-,6+,7+,10-/m0/s1. The highest BCUT2D eigenvalue weighted by molar-refractivity contribution is 5.70. The molecular weight excluding hydrogens is 282 g/mol. The maximum Gasteiger partial charge on any atom is 0.280 e. The van der Waals surface area contributed by atoms with Crippen molar-refractivity contribution in [3.63, 3.8) is 0 Å². The van der Waals surface area contributed by atoms with Crippen LogP contribution < -0.4 is 11.3 Å². The van der Waals surface area contributed by atoms with E-state index in [-0.39, 0.29) is 23.7 Å². The van der Waals surface area contributed by atoms with Crippen LogP contribution in [0.5, 0.6) is 0 Å². The van der Waals surface area contributed by atoms with Crippen molar-refractivity contribution in [3.8, 4) is 0 Å². The number of nitrogens with zero attached hydrogens (tertiary/aromatic N) is 3. The van der Waals surface area contributed by atoms with E-state index in [2.05, 4.69) is 15.0 Å². The van der Waals surface area contributed by atoms with E-state index in [1.807, 2.05) is 0 Å². The molecule has 4 atom stereocenters. The van der Waals surface area contributed by atoms with Crippen molar-refractivity contribution in [1.29, 1.82) is 0 Å². The van der Waals surface area contributed by atoms with Gasteiger partial charge >= 0.3 is 0 Å². The van der Waals surface area contributed by atoms with Gasteiger partial charge in [0.15, 0.2) is 17.4 Å². The molecule has 3 heterocycles. The second kappa shape index (κ2) is 5.07. The molecule has 10 heteroatoms. The van der Waals surface area contributed by atoms with Crippen molar-refractivity contribution < 1.29 is 19.7 Å². The number of aromatic amines is 1. The van der Waals surface area contributed by atoms with Crippen molar-refractivity contribution in [1.82, 2.24) is 19.5 Å². The Hall–Kier alpha value is -2.01. The third-order valence-electron chi connectivity index (χ3n) is 3.49. The summed E-state index contributed by atoms with van der Waals surface area (Å²) in [5.41, 5.74) is 5.31. The number of aliphatic hydroxyl groups excluding tert-OH is 2. The molecular formula is C11H15N5O5. The summed E-state index contributed by atoms with van der Waals surface area (Å²) < 4.78 is 12.1. The predicted octanol–water partition coefficient (Wildman–Crippen LogP) is -2.03. The van der Waals surface area contributed by atoms with Crippen LogP contribution >= 0.6 is 0 Å². The second-order valence-corrected chi connectivity index (χ2v) is 4.71. The summed E-state index contributed by atoms with van der Waals surface area (Å²) in [6.07, 6.45) is -1.99. The molecule has 0 aliphatic carbocycles. The first-order valence-corrected chi connectivity index (χ1v) is 6.26. The fraction of sp³-hybridized carbons (Fsp3) is 0.545. The van der Waals surface area contributed by atoms with Gasteiger partial charge in [-0.05, 0) is 0 Å². The summed E-state index contributed by atoms with van der Waals surface area (Å²) >= 11 is 0. The number of rotatable bonds is 3. The monoisotopic (exact) mass is 297 g/mol. The number of nitrogens with one attached hydrogen (secondary N) is 1. The van der Waals surface area contributed by atoms with Crippen molar-refractivity contribution in [2.24, 2.45) is 0 Å². The number of ether oxygens (including phenoxy) is 2. The summed E-state index contributed by atoms with van der Waals surface area (Å²) in [6.45, 7) is -0.311.